The second kappa shape index (κ2) is 2.07. The minimum absolute atomic E-state index is 0.319. The van der Waals surface area contributed by atoms with E-state index in [2.05, 4.69) is 17.9 Å². The molecule has 0 amide bonds. The molecule has 2 rings (SSSR count). The zero-order valence-electron chi connectivity index (χ0n) is 6.03. The van der Waals surface area contributed by atoms with Crippen molar-refractivity contribution in [3.63, 3.8) is 0 Å². The minimum Gasteiger partial charge on any atom is -0.396 e. The summed E-state index contributed by atoms with van der Waals surface area (Å²) in [5.41, 5.74) is 4.06. The lowest BCUT2D eigenvalue weighted by Crippen LogP contribution is -2.66. The first-order valence-electron chi connectivity index (χ1n) is 3.95. The number of hydrogen-bond donors (Lipinski definition) is 2. The van der Waals surface area contributed by atoms with Gasteiger partial charge >= 0.3 is 0 Å². The van der Waals surface area contributed by atoms with Gasteiger partial charge in [-0.05, 0) is 12.3 Å². The van der Waals surface area contributed by atoms with Crippen molar-refractivity contribution < 1.29 is 10.8 Å². The molecule has 2 nitrogen and oxygen atoms in total. The molecule has 2 heteroatoms. The number of rotatable bonds is 1. The van der Waals surface area contributed by atoms with Gasteiger partial charge in [-0.1, -0.05) is 12.2 Å². The molecule has 1 saturated carbocycles. The standard InChI is InChI=1S/C8H13NO/c9-8-6-2-1-5(3-6)7(8)4-10/h1-2,5-8,10H,3-4,9H2/p+1/t5-,6-,7+,8-/m0/s1. The first-order chi connectivity index (χ1) is 4.83. The summed E-state index contributed by atoms with van der Waals surface area (Å²) in [5.74, 6) is 1.76. The highest BCUT2D eigenvalue weighted by molar-refractivity contribution is 5.13. The molecule has 2 bridgehead atoms. The van der Waals surface area contributed by atoms with Crippen LogP contribution in [0, 0.1) is 17.8 Å². The Morgan fingerprint density at radius 2 is 2.10 bits per heavy atom. The molecule has 10 heavy (non-hydrogen) atoms. The third-order valence-electron chi connectivity index (χ3n) is 3.01. The Morgan fingerprint density at radius 1 is 1.40 bits per heavy atom. The van der Waals surface area contributed by atoms with Crippen molar-refractivity contribution in [3.8, 4) is 0 Å². The van der Waals surface area contributed by atoms with Crippen molar-refractivity contribution >= 4 is 0 Å². The molecule has 0 radical (unpaired) electrons. The zero-order valence-corrected chi connectivity index (χ0v) is 6.03. The quantitative estimate of drug-likeness (QED) is 0.470. The summed E-state index contributed by atoms with van der Waals surface area (Å²) in [6, 6.07) is 0.472. The van der Waals surface area contributed by atoms with Crippen LogP contribution in [0.2, 0.25) is 0 Å². The Labute approximate surface area is 60.7 Å². The topological polar surface area (TPSA) is 47.9 Å². The highest BCUT2D eigenvalue weighted by Gasteiger charge is 2.44. The van der Waals surface area contributed by atoms with E-state index in [1.54, 1.807) is 0 Å². The smallest absolute Gasteiger partial charge is 0.0963 e. The summed E-state index contributed by atoms with van der Waals surface area (Å²) in [5, 5.41) is 8.98. The lowest BCUT2D eigenvalue weighted by atomic mass is 9.90. The van der Waals surface area contributed by atoms with Gasteiger partial charge in [-0.3, -0.25) is 0 Å². The molecule has 56 valence electrons. The number of fused-ring (bicyclic) bond motifs is 2. The van der Waals surface area contributed by atoms with Gasteiger partial charge in [-0.2, -0.15) is 0 Å². The largest absolute Gasteiger partial charge is 0.396 e. The van der Waals surface area contributed by atoms with Crippen molar-refractivity contribution in [2.75, 3.05) is 6.61 Å². The van der Waals surface area contributed by atoms with Crippen molar-refractivity contribution in [2.45, 2.75) is 12.5 Å². The van der Waals surface area contributed by atoms with Gasteiger partial charge in [0.2, 0.25) is 0 Å². The minimum atomic E-state index is 0.319. The van der Waals surface area contributed by atoms with E-state index in [1.165, 1.54) is 6.42 Å². The van der Waals surface area contributed by atoms with Crippen LogP contribution in [0.25, 0.3) is 0 Å². The summed E-state index contributed by atoms with van der Waals surface area (Å²) >= 11 is 0. The molecule has 0 aromatic rings. The number of aliphatic hydroxyl groups is 1. The normalized spacial score (nSPS) is 50.6. The molecule has 4 N–H and O–H groups in total. The van der Waals surface area contributed by atoms with Crippen LogP contribution < -0.4 is 5.73 Å². The fraction of sp³-hybridized carbons (Fsp3) is 0.750. The molecule has 2 aliphatic rings. The van der Waals surface area contributed by atoms with Gasteiger partial charge in [0.1, 0.15) is 0 Å². The Morgan fingerprint density at radius 3 is 2.50 bits per heavy atom. The van der Waals surface area contributed by atoms with E-state index in [-0.39, 0.29) is 0 Å². The third-order valence-corrected chi connectivity index (χ3v) is 3.01. The second-order valence-electron chi connectivity index (χ2n) is 3.46. The van der Waals surface area contributed by atoms with Crippen molar-refractivity contribution in [2.24, 2.45) is 17.8 Å². The molecule has 0 aromatic heterocycles. The van der Waals surface area contributed by atoms with Crippen LogP contribution in [-0.4, -0.2) is 17.8 Å². The Balaban J connectivity index is 2.18. The van der Waals surface area contributed by atoms with Crippen LogP contribution in [0.3, 0.4) is 0 Å². The molecule has 2 aliphatic carbocycles. The molecule has 0 unspecified atom stereocenters. The summed E-state index contributed by atoms with van der Waals surface area (Å²) < 4.78 is 0. The fourth-order valence-corrected chi connectivity index (χ4v) is 2.30. The maximum atomic E-state index is 8.98. The van der Waals surface area contributed by atoms with Gasteiger partial charge in [-0.25, -0.2) is 0 Å². The van der Waals surface area contributed by atoms with Crippen LogP contribution in [-0.2, 0) is 0 Å². The molecule has 0 spiro atoms. The van der Waals surface area contributed by atoms with E-state index in [0.717, 1.165) is 0 Å². The first-order valence-corrected chi connectivity index (χ1v) is 3.95. The summed E-state index contributed by atoms with van der Waals surface area (Å²) in [6.45, 7) is 0.319. The second-order valence-corrected chi connectivity index (χ2v) is 3.46. The van der Waals surface area contributed by atoms with Crippen LogP contribution in [0.15, 0.2) is 12.2 Å². The van der Waals surface area contributed by atoms with Crippen LogP contribution in [0.1, 0.15) is 6.42 Å². The zero-order chi connectivity index (χ0) is 7.14. The summed E-state index contributed by atoms with van der Waals surface area (Å²) in [7, 11) is 0. The number of hydrogen-bond acceptors (Lipinski definition) is 1. The maximum absolute atomic E-state index is 8.98. The van der Waals surface area contributed by atoms with Crippen molar-refractivity contribution in [1.29, 1.82) is 0 Å². The van der Waals surface area contributed by atoms with Crippen LogP contribution in [0.4, 0.5) is 0 Å². The molecule has 4 atom stereocenters. The lowest BCUT2D eigenvalue weighted by molar-refractivity contribution is -0.438. The van der Waals surface area contributed by atoms with Gasteiger partial charge in [0, 0.05) is 11.8 Å². The Hall–Kier alpha value is -0.340. The molecule has 1 fully saturated rings. The van der Waals surface area contributed by atoms with E-state index in [9.17, 15) is 0 Å². The predicted molar refractivity (Wildman–Crippen MR) is 38.0 cm³/mol. The van der Waals surface area contributed by atoms with Crippen molar-refractivity contribution in [3.05, 3.63) is 12.2 Å². The van der Waals surface area contributed by atoms with Crippen molar-refractivity contribution in [1.82, 2.24) is 0 Å². The third kappa shape index (κ3) is 0.662. The number of quaternary nitrogens is 1. The van der Waals surface area contributed by atoms with Gasteiger partial charge in [0.25, 0.3) is 0 Å². The molecule has 0 aromatic carbocycles. The molecule has 0 saturated heterocycles. The molecular weight excluding hydrogens is 126 g/mol. The first kappa shape index (κ1) is 6.38. The average Bonchev–Trinajstić information content (AvgIpc) is 2.46. The van der Waals surface area contributed by atoms with Gasteiger partial charge in [0.05, 0.1) is 12.6 Å². The fourth-order valence-electron chi connectivity index (χ4n) is 2.30. The summed E-state index contributed by atoms with van der Waals surface area (Å²) in [4.78, 5) is 0. The highest BCUT2D eigenvalue weighted by atomic mass is 16.3. The van der Waals surface area contributed by atoms with Gasteiger partial charge < -0.3 is 10.8 Å². The van der Waals surface area contributed by atoms with Gasteiger partial charge in [0.15, 0.2) is 0 Å². The highest BCUT2D eigenvalue weighted by Crippen LogP contribution is 2.41. The van der Waals surface area contributed by atoms with Gasteiger partial charge in [-0.15, -0.1) is 0 Å². The average molecular weight is 140 g/mol. The maximum Gasteiger partial charge on any atom is 0.0963 e. The van der Waals surface area contributed by atoms with E-state index < -0.39 is 0 Å². The molecular formula is C8H14NO+. The van der Waals surface area contributed by atoms with Crippen LogP contribution in [0.5, 0.6) is 0 Å². The van der Waals surface area contributed by atoms with E-state index in [0.29, 0.717) is 30.4 Å². The monoisotopic (exact) mass is 140 g/mol. The summed E-state index contributed by atoms with van der Waals surface area (Å²) in [6.07, 6.45) is 5.74. The van der Waals surface area contributed by atoms with E-state index in [1.807, 2.05) is 0 Å². The van der Waals surface area contributed by atoms with Crippen LogP contribution >= 0.6 is 0 Å². The Bertz CT molecular complexity index is 167. The molecule has 0 aliphatic heterocycles. The SMILES string of the molecule is [NH3+][C@@H]1[C@H](CO)[C@H]2C=C[C@H]1C2. The Kier molecular flexibility index (Phi) is 1.32. The van der Waals surface area contributed by atoms with E-state index >= 15 is 0 Å². The number of allylic oxidation sites excluding steroid dienone is 1. The molecule has 0 heterocycles. The predicted octanol–water partition coefficient (Wildman–Crippen LogP) is -0.589. The van der Waals surface area contributed by atoms with E-state index in [4.69, 9.17) is 5.11 Å². The number of aliphatic hydroxyl groups excluding tert-OH is 1. The lowest BCUT2D eigenvalue weighted by Gasteiger charge is -2.18.